The summed E-state index contributed by atoms with van der Waals surface area (Å²) in [5.41, 5.74) is 1.33. The highest BCUT2D eigenvalue weighted by Crippen LogP contribution is 2.20. The van der Waals surface area contributed by atoms with Gasteiger partial charge in [-0.25, -0.2) is 0 Å². The Bertz CT molecular complexity index is 436. The third-order valence-electron chi connectivity index (χ3n) is 3.71. The van der Waals surface area contributed by atoms with E-state index >= 15 is 0 Å². The third kappa shape index (κ3) is 4.60. The van der Waals surface area contributed by atoms with Crippen molar-refractivity contribution in [1.82, 2.24) is 10.2 Å². The Hall–Kier alpha value is -0.870. The molecular weight excluding hydrogens is 316 g/mol. The van der Waals surface area contributed by atoms with E-state index in [0.717, 1.165) is 36.9 Å². The van der Waals surface area contributed by atoms with Crippen LogP contribution >= 0.6 is 15.9 Å². The lowest BCUT2D eigenvalue weighted by Gasteiger charge is -2.31. The first-order chi connectivity index (χ1) is 9.54. The van der Waals surface area contributed by atoms with Gasteiger partial charge < -0.3 is 5.32 Å². The Morgan fingerprint density at radius 2 is 1.90 bits per heavy atom. The summed E-state index contributed by atoms with van der Waals surface area (Å²) in [4.78, 5) is 14.4. The van der Waals surface area contributed by atoms with Crippen molar-refractivity contribution in [1.29, 1.82) is 0 Å². The first kappa shape index (κ1) is 15.5. The lowest BCUT2D eigenvalue weighted by atomic mass is 9.95. The fraction of sp³-hybridized carbons (Fsp3) is 0.562. The molecule has 1 heterocycles. The SMILES string of the molecule is CC(C)NC(=O)C1CCN(Cc2ccc(Br)cc2)CC1. The maximum Gasteiger partial charge on any atom is 0.223 e. The molecule has 0 aromatic heterocycles. The molecule has 0 bridgehead atoms. The van der Waals surface area contributed by atoms with Crippen LogP contribution in [0.25, 0.3) is 0 Å². The molecule has 1 saturated heterocycles. The van der Waals surface area contributed by atoms with Gasteiger partial charge in [0.2, 0.25) is 5.91 Å². The average Bonchev–Trinajstić information content (AvgIpc) is 2.41. The molecule has 1 amide bonds. The Morgan fingerprint density at radius 3 is 2.45 bits per heavy atom. The molecular formula is C16H23BrN2O. The van der Waals surface area contributed by atoms with Crippen molar-refractivity contribution in [3.05, 3.63) is 34.3 Å². The second kappa shape index (κ2) is 7.23. The van der Waals surface area contributed by atoms with Gasteiger partial charge >= 0.3 is 0 Å². The largest absolute Gasteiger partial charge is 0.354 e. The van der Waals surface area contributed by atoms with Gasteiger partial charge in [0.1, 0.15) is 0 Å². The number of hydrogen-bond donors (Lipinski definition) is 1. The van der Waals surface area contributed by atoms with E-state index in [0.29, 0.717) is 0 Å². The van der Waals surface area contributed by atoms with Gasteiger partial charge in [-0.15, -0.1) is 0 Å². The number of likely N-dealkylation sites (tertiary alicyclic amines) is 1. The number of nitrogens with one attached hydrogen (secondary N) is 1. The molecule has 4 heteroatoms. The molecule has 1 aliphatic heterocycles. The van der Waals surface area contributed by atoms with Crippen molar-refractivity contribution in [2.24, 2.45) is 5.92 Å². The molecule has 20 heavy (non-hydrogen) atoms. The van der Waals surface area contributed by atoms with Crippen LogP contribution in [0.1, 0.15) is 32.3 Å². The molecule has 1 aromatic rings. The van der Waals surface area contributed by atoms with Gasteiger partial charge in [-0.3, -0.25) is 9.69 Å². The lowest BCUT2D eigenvalue weighted by molar-refractivity contribution is -0.127. The predicted molar refractivity (Wildman–Crippen MR) is 85.4 cm³/mol. The van der Waals surface area contributed by atoms with Crippen LogP contribution in [0, 0.1) is 5.92 Å². The number of piperidine rings is 1. The predicted octanol–water partition coefficient (Wildman–Crippen LogP) is 3.19. The van der Waals surface area contributed by atoms with Gasteiger partial charge in [-0.05, 0) is 57.5 Å². The quantitative estimate of drug-likeness (QED) is 0.914. The zero-order chi connectivity index (χ0) is 14.5. The van der Waals surface area contributed by atoms with Crippen molar-refractivity contribution in [2.45, 2.75) is 39.3 Å². The Balaban J connectivity index is 1.79. The van der Waals surface area contributed by atoms with Crippen LogP contribution < -0.4 is 5.32 Å². The fourth-order valence-electron chi connectivity index (χ4n) is 2.60. The van der Waals surface area contributed by atoms with Crippen molar-refractivity contribution < 1.29 is 4.79 Å². The molecule has 0 spiro atoms. The van der Waals surface area contributed by atoms with Crippen LogP contribution in [0.3, 0.4) is 0 Å². The van der Waals surface area contributed by atoms with E-state index in [2.05, 4.69) is 50.4 Å². The first-order valence-corrected chi connectivity index (χ1v) is 8.11. The molecule has 0 aliphatic carbocycles. The summed E-state index contributed by atoms with van der Waals surface area (Å²) in [6.45, 7) is 7.02. The minimum atomic E-state index is 0.193. The van der Waals surface area contributed by atoms with Gasteiger partial charge in [-0.1, -0.05) is 28.1 Å². The van der Waals surface area contributed by atoms with Gasteiger partial charge in [-0.2, -0.15) is 0 Å². The zero-order valence-electron chi connectivity index (χ0n) is 12.2. The molecule has 1 aliphatic rings. The number of halogens is 1. The van der Waals surface area contributed by atoms with Crippen LogP contribution in [-0.4, -0.2) is 29.9 Å². The number of rotatable bonds is 4. The third-order valence-corrected chi connectivity index (χ3v) is 4.24. The van der Waals surface area contributed by atoms with Crippen LogP contribution in [0.4, 0.5) is 0 Å². The second-order valence-corrected chi connectivity index (χ2v) is 6.76. The highest BCUT2D eigenvalue weighted by Gasteiger charge is 2.25. The summed E-state index contributed by atoms with van der Waals surface area (Å²) >= 11 is 3.46. The van der Waals surface area contributed by atoms with Crippen molar-refractivity contribution in [3.8, 4) is 0 Å². The standard InChI is InChI=1S/C16H23BrN2O/c1-12(2)18-16(20)14-7-9-19(10-8-14)11-13-3-5-15(17)6-4-13/h3-6,12,14H,7-11H2,1-2H3,(H,18,20). The van der Waals surface area contributed by atoms with E-state index in [1.807, 2.05) is 13.8 Å². The molecule has 2 rings (SSSR count). The molecule has 1 N–H and O–H groups in total. The number of carbonyl (C=O) groups is 1. The molecule has 1 fully saturated rings. The maximum atomic E-state index is 12.0. The smallest absolute Gasteiger partial charge is 0.223 e. The normalized spacial score (nSPS) is 17.4. The molecule has 110 valence electrons. The van der Waals surface area contributed by atoms with E-state index < -0.39 is 0 Å². The first-order valence-electron chi connectivity index (χ1n) is 7.32. The van der Waals surface area contributed by atoms with Crippen molar-refractivity contribution in [3.63, 3.8) is 0 Å². The minimum absolute atomic E-state index is 0.193. The highest BCUT2D eigenvalue weighted by molar-refractivity contribution is 9.10. The second-order valence-electron chi connectivity index (χ2n) is 5.84. The highest BCUT2D eigenvalue weighted by atomic mass is 79.9. The summed E-state index contributed by atoms with van der Waals surface area (Å²) in [6.07, 6.45) is 1.93. The topological polar surface area (TPSA) is 32.3 Å². The minimum Gasteiger partial charge on any atom is -0.354 e. The summed E-state index contributed by atoms with van der Waals surface area (Å²) in [5, 5.41) is 3.02. The monoisotopic (exact) mass is 338 g/mol. The molecule has 0 radical (unpaired) electrons. The lowest BCUT2D eigenvalue weighted by Crippen LogP contribution is -2.42. The molecule has 0 unspecified atom stereocenters. The van der Waals surface area contributed by atoms with Gasteiger partial charge in [0.05, 0.1) is 0 Å². The van der Waals surface area contributed by atoms with E-state index in [1.165, 1.54) is 5.56 Å². The molecule has 3 nitrogen and oxygen atoms in total. The zero-order valence-corrected chi connectivity index (χ0v) is 13.8. The Labute approximate surface area is 129 Å². The van der Waals surface area contributed by atoms with E-state index in [-0.39, 0.29) is 17.9 Å². The molecule has 0 atom stereocenters. The van der Waals surface area contributed by atoms with Crippen LogP contribution in [-0.2, 0) is 11.3 Å². The molecule has 1 aromatic carbocycles. The Kier molecular flexibility index (Phi) is 5.61. The summed E-state index contributed by atoms with van der Waals surface area (Å²) in [5.74, 6) is 0.418. The summed E-state index contributed by atoms with van der Waals surface area (Å²) < 4.78 is 1.12. The summed E-state index contributed by atoms with van der Waals surface area (Å²) in [7, 11) is 0. The number of amides is 1. The molecule has 0 saturated carbocycles. The number of benzene rings is 1. The van der Waals surface area contributed by atoms with Crippen LogP contribution in [0.2, 0.25) is 0 Å². The van der Waals surface area contributed by atoms with Crippen LogP contribution in [0.15, 0.2) is 28.7 Å². The van der Waals surface area contributed by atoms with Crippen LogP contribution in [0.5, 0.6) is 0 Å². The van der Waals surface area contributed by atoms with E-state index in [9.17, 15) is 4.79 Å². The van der Waals surface area contributed by atoms with Gasteiger partial charge in [0.15, 0.2) is 0 Å². The van der Waals surface area contributed by atoms with Crippen molar-refractivity contribution >= 4 is 21.8 Å². The average molecular weight is 339 g/mol. The maximum absolute atomic E-state index is 12.0. The number of nitrogens with zero attached hydrogens (tertiary/aromatic N) is 1. The Morgan fingerprint density at radius 1 is 1.30 bits per heavy atom. The van der Waals surface area contributed by atoms with E-state index in [4.69, 9.17) is 0 Å². The number of hydrogen-bond acceptors (Lipinski definition) is 2. The fourth-order valence-corrected chi connectivity index (χ4v) is 2.87. The van der Waals surface area contributed by atoms with Gasteiger partial charge in [0, 0.05) is 23.0 Å². The van der Waals surface area contributed by atoms with Crippen molar-refractivity contribution in [2.75, 3.05) is 13.1 Å². The van der Waals surface area contributed by atoms with Gasteiger partial charge in [0.25, 0.3) is 0 Å². The summed E-state index contributed by atoms with van der Waals surface area (Å²) in [6, 6.07) is 8.71. The number of carbonyl (C=O) groups excluding carboxylic acids is 1. The van der Waals surface area contributed by atoms with E-state index in [1.54, 1.807) is 0 Å².